The molecule has 2 aromatic carbocycles. The molecule has 1 spiro atoms. The first-order valence-corrected chi connectivity index (χ1v) is 18.2. The number of piperazine rings is 1. The first-order valence-electron chi connectivity index (χ1n) is 17.9. The van der Waals surface area contributed by atoms with Crippen LogP contribution in [0.4, 0.5) is 10.1 Å². The van der Waals surface area contributed by atoms with E-state index < -0.39 is 41.3 Å². The van der Waals surface area contributed by atoms with Crippen molar-refractivity contribution in [1.82, 2.24) is 20.0 Å². The Bertz CT molecular complexity index is 1580. The predicted molar refractivity (Wildman–Crippen MR) is 186 cm³/mol. The van der Waals surface area contributed by atoms with Crippen molar-refractivity contribution in [1.29, 1.82) is 0 Å². The lowest BCUT2D eigenvalue weighted by Crippen LogP contribution is -2.58. The van der Waals surface area contributed by atoms with Gasteiger partial charge in [0.25, 0.3) is 0 Å². The predicted octanol–water partition coefficient (Wildman–Crippen LogP) is 4.72. The summed E-state index contributed by atoms with van der Waals surface area (Å²) in [5, 5.41) is 6.04. The van der Waals surface area contributed by atoms with Gasteiger partial charge in [-0.05, 0) is 55.0 Å². The van der Waals surface area contributed by atoms with Crippen molar-refractivity contribution >= 4 is 35.0 Å². The van der Waals surface area contributed by atoms with Crippen LogP contribution in [0.3, 0.4) is 0 Å². The van der Waals surface area contributed by atoms with E-state index in [1.165, 1.54) is 23.8 Å². The highest BCUT2D eigenvalue weighted by Gasteiger charge is 2.72. The molecule has 4 fully saturated rings. The van der Waals surface area contributed by atoms with Gasteiger partial charge >= 0.3 is 0 Å². The molecule has 3 saturated heterocycles. The zero-order valence-corrected chi connectivity index (χ0v) is 29.1. The van der Waals surface area contributed by atoms with Gasteiger partial charge in [-0.2, -0.15) is 0 Å². The molecule has 1 aliphatic carbocycles. The Morgan fingerprint density at radius 1 is 1.00 bits per heavy atom. The Morgan fingerprint density at radius 2 is 1.76 bits per heavy atom. The molecule has 2 bridgehead atoms. The largest absolute Gasteiger partial charge is 0.359 e. The summed E-state index contributed by atoms with van der Waals surface area (Å²) in [7, 11) is 0. The van der Waals surface area contributed by atoms with Gasteiger partial charge in [0.05, 0.1) is 23.0 Å². The minimum Gasteiger partial charge on any atom is -0.359 e. The van der Waals surface area contributed by atoms with Crippen LogP contribution in [-0.4, -0.2) is 95.5 Å². The molecule has 8 atom stereocenters. The molecule has 49 heavy (non-hydrogen) atoms. The average Bonchev–Trinajstić information content (AvgIpc) is 3.73. The Labute approximate surface area is 293 Å². The van der Waals surface area contributed by atoms with Crippen LogP contribution in [0.15, 0.2) is 60.7 Å². The summed E-state index contributed by atoms with van der Waals surface area (Å²) in [6, 6.07) is 13.6. The number of fused-ring (bicyclic) bond motifs is 1. The van der Waals surface area contributed by atoms with Gasteiger partial charge in [-0.1, -0.05) is 80.8 Å². The van der Waals surface area contributed by atoms with Crippen LogP contribution in [-0.2, 0) is 25.7 Å². The van der Waals surface area contributed by atoms with Gasteiger partial charge in [0.15, 0.2) is 0 Å². The summed E-state index contributed by atoms with van der Waals surface area (Å²) in [5.41, 5.74) is 0.410. The highest BCUT2D eigenvalue weighted by atomic mass is 35.5. The number of amides is 3. The van der Waals surface area contributed by atoms with Crippen molar-refractivity contribution < 1.29 is 23.5 Å². The van der Waals surface area contributed by atoms with E-state index in [2.05, 4.69) is 58.5 Å². The molecular formula is C38H47ClFN5O4. The zero-order valence-electron chi connectivity index (χ0n) is 28.3. The van der Waals surface area contributed by atoms with E-state index in [1.807, 2.05) is 18.2 Å². The number of carbonyl (C=O) groups is 3. The van der Waals surface area contributed by atoms with Crippen molar-refractivity contribution in [2.45, 2.75) is 69.9 Å². The quantitative estimate of drug-likeness (QED) is 0.351. The topological polar surface area (TPSA) is 94.2 Å². The average molecular weight is 692 g/mol. The van der Waals surface area contributed by atoms with Crippen molar-refractivity contribution in [2.24, 2.45) is 23.7 Å². The molecule has 0 unspecified atom stereocenters. The van der Waals surface area contributed by atoms with Gasteiger partial charge in [-0.25, -0.2) is 4.39 Å². The number of hydrogen-bond acceptors (Lipinski definition) is 6. The van der Waals surface area contributed by atoms with E-state index in [0.717, 1.165) is 58.5 Å². The SMILES string of the molecule is C[C@H]1[C@H](C)CCC[C@@H]1NC(=O)[C@@H]1N(CCCN2CCN(Cc3ccccc3)CC2)C(=O)[C@@H]2[C@H](C(=O)Nc3ccc(F)c(Cl)c3)[C@@H]3C=C[C@]21O3. The summed E-state index contributed by atoms with van der Waals surface area (Å²) in [5.74, 6) is -2.33. The van der Waals surface area contributed by atoms with Gasteiger partial charge < -0.3 is 25.2 Å². The number of likely N-dealkylation sites (tertiary alicyclic amines) is 1. The Balaban J connectivity index is 1.06. The van der Waals surface area contributed by atoms with E-state index >= 15 is 0 Å². The molecule has 3 amide bonds. The molecule has 2 aromatic rings. The fourth-order valence-electron chi connectivity index (χ4n) is 8.83. The van der Waals surface area contributed by atoms with Crippen molar-refractivity contribution in [3.05, 3.63) is 77.1 Å². The van der Waals surface area contributed by atoms with Crippen LogP contribution in [0.5, 0.6) is 0 Å². The van der Waals surface area contributed by atoms with E-state index in [0.29, 0.717) is 30.5 Å². The maximum atomic E-state index is 14.4. The van der Waals surface area contributed by atoms with E-state index in [-0.39, 0.29) is 22.9 Å². The van der Waals surface area contributed by atoms with Crippen LogP contribution in [0.25, 0.3) is 0 Å². The Kier molecular flexibility index (Phi) is 9.85. The number of nitrogens with zero attached hydrogens (tertiary/aromatic N) is 3. The maximum Gasteiger partial charge on any atom is 0.246 e. The van der Waals surface area contributed by atoms with E-state index in [4.69, 9.17) is 16.3 Å². The monoisotopic (exact) mass is 691 g/mol. The lowest BCUT2D eigenvalue weighted by atomic mass is 9.73. The van der Waals surface area contributed by atoms with Crippen molar-refractivity contribution in [3.63, 3.8) is 0 Å². The van der Waals surface area contributed by atoms with Gasteiger partial charge in [0.2, 0.25) is 17.7 Å². The molecule has 5 aliphatic rings. The van der Waals surface area contributed by atoms with Gasteiger partial charge in [0, 0.05) is 51.0 Å². The highest BCUT2D eigenvalue weighted by Crippen LogP contribution is 2.55. The maximum absolute atomic E-state index is 14.4. The third-order valence-electron chi connectivity index (χ3n) is 11.7. The second kappa shape index (κ2) is 14.1. The van der Waals surface area contributed by atoms with Gasteiger partial charge in [0.1, 0.15) is 17.5 Å². The minimum atomic E-state index is -1.24. The second-order valence-corrected chi connectivity index (χ2v) is 15.1. The van der Waals surface area contributed by atoms with Crippen molar-refractivity contribution in [3.8, 4) is 0 Å². The highest BCUT2D eigenvalue weighted by molar-refractivity contribution is 6.31. The molecule has 4 aliphatic heterocycles. The molecule has 0 radical (unpaired) electrons. The second-order valence-electron chi connectivity index (χ2n) is 14.7. The molecule has 9 nitrogen and oxygen atoms in total. The summed E-state index contributed by atoms with van der Waals surface area (Å²) in [6.07, 6.45) is 6.80. The number of nitrogens with one attached hydrogen (secondary N) is 2. The van der Waals surface area contributed by atoms with Crippen LogP contribution < -0.4 is 10.6 Å². The fraction of sp³-hybridized carbons (Fsp3) is 0.553. The number of carbonyl (C=O) groups excluding carboxylic acids is 3. The smallest absolute Gasteiger partial charge is 0.246 e. The first-order chi connectivity index (χ1) is 23.6. The summed E-state index contributed by atoms with van der Waals surface area (Å²) >= 11 is 5.97. The van der Waals surface area contributed by atoms with E-state index in [9.17, 15) is 18.8 Å². The summed E-state index contributed by atoms with van der Waals surface area (Å²) < 4.78 is 20.3. The number of anilines is 1. The summed E-state index contributed by atoms with van der Waals surface area (Å²) in [6.45, 7) is 10.4. The van der Waals surface area contributed by atoms with Crippen LogP contribution in [0.1, 0.15) is 45.1 Å². The molecule has 2 N–H and O–H groups in total. The number of benzene rings is 2. The number of ether oxygens (including phenoxy) is 1. The first kappa shape index (κ1) is 34.2. The van der Waals surface area contributed by atoms with Crippen molar-refractivity contribution in [2.75, 3.05) is 44.6 Å². The number of rotatable bonds is 10. The third kappa shape index (κ3) is 6.65. The number of halogens is 2. The van der Waals surface area contributed by atoms with Crippen LogP contribution in [0, 0.1) is 29.5 Å². The Morgan fingerprint density at radius 3 is 2.51 bits per heavy atom. The Hall–Kier alpha value is -3.31. The zero-order chi connectivity index (χ0) is 34.3. The minimum absolute atomic E-state index is 0.0146. The van der Waals surface area contributed by atoms with Gasteiger partial charge in [-0.3, -0.25) is 19.3 Å². The molecule has 7 rings (SSSR count). The molecule has 0 aromatic heterocycles. The van der Waals surface area contributed by atoms with E-state index in [1.54, 1.807) is 4.90 Å². The summed E-state index contributed by atoms with van der Waals surface area (Å²) in [4.78, 5) is 49.1. The number of hydrogen-bond donors (Lipinski definition) is 2. The normalized spacial score (nSPS) is 32.8. The standard InChI is InChI=1S/C38H47ClFN5O4/c1-24-8-6-11-30(25(24)2)42-36(47)34-38-15-14-31(49-38)32(35(46)41-27-12-13-29(40)28(39)22-27)33(38)37(48)45(34)17-7-16-43-18-20-44(21-19-43)23-26-9-4-3-5-10-26/h3-5,9-10,12-15,22,24-25,30-34H,6-8,11,16-21,23H2,1-2H3,(H,41,46)(H,42,47)/t24-,25+,30+,31+,32-,33+,34+,38+/m1/s1. The lowest BCUT2D eigenvalue weighted by Gasteiger charge is -2.38. The van der Waals surface area contributed by atoms with Crippen LogP contribution in [0.2, 0.25) is 5.02 Å². The molecular weight excluding hydrogens is 645 g/mol. The third-order valence-corrected chi connectivity index (χ3v) is 12.0. The van der Waals surface area contributed by atoms with Gasteiger partial charge in [-0.15, -0.1) is 0 Å². The van der Waals surface area contributed by atoms with Crippen LogP contribution >= 0.6 is 11.6 Å². The molecule has 262 valence electrons. The molecule has 1 saturated carbocycles. The molecule has 11 heteroatoms. The lowest BCUT2D eigenvalue weighted by molar-refractivity contribution is -0.141. The molecule has 4 heterocycles. The fourth-order valence-corrected chi connectivity index (χ4v) is 9.01.